The van der Waals surface area contributed by atoms with Crippen molar-refractivity contribution in [1.29, 1.82) is 0 Å². The van der Waals surface area contributed by atoms with Gasteiger partial charge in [-0.05, 0) is 25.1 Å². The first-order chi connectivity index (χ1) is 9.24. The molecule has 2 aromatic rings. The monoisotopic (exact) mass is 255 g/mol. The molecule has 1 unspecified atom stereocenters. The molecule has 0 saturated heterocycles. The van der Waals surface area contributed by atoms with E-state index in [-0.39, 0.29) is 6.04 Å². The zero-order valence-electron chi connectivity index (χ0n) is 10.9. The summed E-state index contributed by atoms with van der Waals surface area (Å²) >= 11 is 0. The predicted molar refractivity (Wildman–Crippen MR) is 76.3 cm³/mol. The molecule has 0 saturated carbocycles. The van der Waals surface area contributed by atoms with Gasteiger partial charge in [-0.2, -0.15) is 0 Å². The number of nitrogens with zero attached hydrogens (tertiary/aromatic N) is 1. The highest BCUT2D eigenvalue weighted by Crippen LogP contribution is 2.33. The van der Waals surface area contributed by atoms with Crippen molar-refractivity contribution in [2.24, 2.45) is 0 Å². The zero-order valence-corrected chi connectivity index (χ0v) is 10.9. The zero-order chi connectivity index (χ0) is 13.2. The Hall–Kier alpha value is -2.23. The number of hydrogen-bond acceptors (Lipinski definition) is 4. The Bertz CT molecular complexity index is 598. The molecule has 4 nitrogen and oxygen atoms in total. The Labute approximate surface area is 112 Å². The summed E-state index contributed by atoms with van der Waals surface area (Å²) in [4.78, 5) is 4.46. The Morgan fingerprint density at radius 3 is 2.95 bits per heavy atom. The van der Waals surface area contributed by atoms with Crippen molar-refractivity contribution in [2.45, 2.75) is 19.4 Å². The quantitative estimate of drug-likeness (QED) is 0.866. The third-order valence-electron chi connectivity index (χ3n) is 3.41. The van der Waals surface area contributed by atoms with E-state index >= 15 is 0 Å². The molecular formula is C15H17N3O. The van der Waals surface area contributed by atoms with Crippen LogP contribution in [-0.4, -0.2) is 11.6 Å². The van der Waals surface area contributed by atoms with Crippen molar-refractivity contribution >= 4 is 11.5 Å². The van der Waals surface area contributed by atoms with E-state index in [0.29, 0.717) is 0 Å². The molecule has 0 amide bonds. The van der Waals surface area contributed by atoms with Gasteiger partial charge in [-0.3, -0.25) is 0 Å². The Kier molecular flexibility index (Phi) is 2.99. The Morgan fingerprint density at radius 1 is 1.26 bits per heavy atom. The van der Waals surface area contributed by atoms with E-state index in [4.69, 9.17) is 10.5 Å². The lowest BCUT2D eigenvalue weighted by molar-refractivity contribution is 0.274. The summed E-state index contributed by atoms with van der Waals surface area (Å²) in [5, 5.41) is 3.46. The summed E-state index contributed by atoms with van der Waals surface area (Å²) in [6.07, 6.45) is 0.933. The maximum absolute atomic E-state index is 5.79. The van der Waals surface area contributed by atoms with Crippen LogP contribution in [0.25, 0.3) is 0 Å². The number of nitrogen functional groups attached to an aromatic ring is 1. The van der Waals surface area contributed by atoms with Gasteiger partial charge in [0.1, 0.15) is 11.6 Å². The van der Waals surface area contributed by atoms with E-state index in [9.17, 15) is 0 Å². The lowest BCUT2D eigenvalue weighted by Gasteiger charge is -2.27. The second kappa shape index (κ2) is 4.80. The minimum Gasteiger partial charge on any atom is -0.493 e. The number of aryl methyl sites for hydroxylation is 1. The van der Waals surface area contributed by atoms with Crippen LogP contribution < -0.4 is 15.8 Å². The van der Waals surface area contributed by atoms with Gasteiger partial charge in [0.25, 0.3) is 0 Å². The lowest BCUT2D eigenvalue weighted by atomic mass is 10.0. The highest BCUT2D eigenvalue weighted by atomic mass is 16.5. The number of anilines is 2. The van der Waals surface area contributed by atoms with Crippen molar-refractivity contribution in [3.05, 3.63) is 47.7 Å². The fraction of sp³-hybridized carbons (Fsp3) is 0.267. The van der Waals surface area contributed by atoms with Gasteiger partial charge in [-0.25, -0.2) is 4.98 Å². The Balaban J connectivity index is 1.86. The highest BCUT2D eigenvalue weighted by molar-refractivity contribution is 5.51. The summed E-state index contributed by atoms with van der Waals surface area (Å²) in [7, 11) is 0. The number of para-hydroxylation sites is 1. The third kappa shape index (κ3) is 2.34. The molecule has 4 heteroatoms. The molecule has 1 aromatic carbocycles. The molecule has 1 aliphatic heterocycles. The van der Waals surface area contributed by atoms with Crippen molar-refractivity contribution in [3.8, 4) is 5.75 Å². The van der Waals surface area contributed by atoms with Gasteiger partial charge in [0.2, 0.25) is 0 Å². The van der Waals surface area contributed by atoms with Crippen LogP contribution in [0.4, 0.5) is 11.5 Å². The fourth-order valence-corrected chi connectivity index (χ4v) is 2.32. The molecular weight excluding hydrogens is 238 g/mol. The van der Waals surface area contributed by atoms with E-state index < -0.39 is 0 Å². The topological polar surface area (TPSA) is 60.2 Å². The summed E-state index contributed by atoms with van der Waals surface area (Å²) in [6.45, 7) is 2.64. The molecule has 1 atom stereocenters. The third-order valence-corrected chi connectivity index (χ3v) is 3.41. The van der Waals surface area contributed by atoms with Crippen LogP contribution in [0, 0.1) is 6.92 Å². The van der Waals surface area contributed by atoms with Crippen molar-refractivity contribution in [2.75, 3.05) is 17.7 Å². The van der Waals surface area contributed by atoms with Gasteiger partial charge in [-0.1, -0.05) is 18.2 Å². The second-order valence-electron chi connectivity index (χ2n) is 4.74. The molecule has 0 fully saturated rings. The van der Waals surface area contributed by atoms with Crippen molar-refractivity contribution in [1.82, 2.24) is 4.98 Å². The minimum atomic E-state index is 0.237. The number of rotatable bonds is 2. The molecule has 0 radical (unpaired) electrons. The molecule has 0 spiro atoms. The average Bonchev–Trinajstić information content (AvgIpc) is 2.43. The summed E-state index contributed by atoms with van der Waals surface area (Å²) in [6, 6.07) is 12.2. The molecule has 19 heavy (non-hydrogen) atoms. The van der Waals surface area contributed by atoms with Crippen LogP contribution in [-0.2, 0) is 0 Å². The molecule has 3 N–H and O–H groups in total. The number of nitrogens with two attached hydrogens (primary N) is 1. The Morgan fingerprint density at radius 2 is 2.11 bits per heavy atom. The smallest absolute Gasteiger partial charge is 0.126 e. The molecule has 0 aliphatic carbocycles. The first kappa shape index (κ1) is 11.8. The molecule has 1 aromatic heterocycles. The molecule has 0 bridgehead atoms. The first-order valence-electron chi connectivity index (χ1n) is 6.45. The predicted octanol–water partition coefficient (Wildman–Crippen LogP) is 2.91. The number of pyridine rings is 1. The number of aromatic nitrogens is 1. The number of fused-ring (bicyclic) bond motifs is 1. The van der Waals surface area contributed by atoms with Gasteiger partial charge in [0.05, 0.1) is 24.0 Å². The number of benzene rings is 1. The normalized spacial score (nSPS) is 17.4. The van der Waals surface area contributed by atoms with Crippen LogP contribution in [0.3, 0.4) is 0 Å². The maximum Gasteiger partial charge on any atom is 0.126 e. The van der Waals surface area contributed by atoms with E-state index in [2.05, 4.69) is 16.4 Å². The summed E-state index contributed by atoms with van der Waals surface area (Å²) in [5.41, 5.74) is 8.55. The summed E-state index contributed by atoms with van der Waals surface area (Å²) < 4.78 is 5.65. The lowest BCUT2D eigenvalue weighted by Crippen LogP contribution is -2.20. The number of hydrogen-bond donors (Lipinski definition) is 2. The average molecular weight is 255 g/mol. The number of ether oxygens (including phenoxy) is 1. The van der Waals surface area contributed by atoms with Gasteiger partial charge >= 0.3 is 0 Å². The largest absolute Gasteiger partial charge is 0.493 e. The number of nitrogens with one attached hydrogen (secondary N) is 1. The molecule has 1 aliphatic rings. The first-order valence-corrected chi connectivity index (χ1v) is 6.45. The van der Waals surface area contributed by atoms with E-state index in [1.807, 2.05) is 37.3 Å². The molecule has 98 valence electrons. The van der Waals surface area contributed by atoms with Crippen LogP contribution in [0.5, 0.6) is 5.75 Å². The van der Waals surface area contributed by atoms with Crippen molar-refractivity contribution < 1.29 is 4.74 Å². The van der Waals surface area contributed by atoms with Crippen molar-refractivity contribution in [3.63, 3.8) is 0 Å². The standard InChI is InChI=1S/C15H17N3O/c1-10-12(16)6-7-15(17-10)18-13-8-9-19-14-5-3-2-4-11(13)14/h2-7,13H,8-9,16H2,1H3,(H,17,18). The van der Waals surface area contributed by atoms with E-state index in [0.717, 1.165) is 36.0 Å². The van der Waals surface area contributed by atoms with E-state index in [1.165, 1.54) is 5.56 Å². The van der Waals surface area contributed by atoms with Crippen LogP contribution in [0.1, 0.15) is 23.7 Å². The molecule has 2 heterocycles. The highest BCUT2D eigenvalue weighted by Gasteiger charge is 2.21. The van der Waals surface area contributed by atoms with Gasteiger partial charge < -0.3 is 15.8 Å². The molecule has 3 rings (SSSR count). The fourth-order valence-electron chi connectivity index (χ4n) is 2.32. The van der Waals surface area contributed by atoms with Gasteiger partial charge in [0.15, 0.2) is 0 Å². The SMILES string of the molecule is Cc1nc(NC2CCOc3ccccc32)ccc1N. The van der Waals surface area contributed by atoms with Crippen LogP contribution in [0.15, 0.2) is 36.4 Å². The van der Waals surface area contributed by atoms with Gasteiger partial charge in [-0.15, -0.1) is 0 Å². The second-order valence-corrected chi connectivity index (χ2v) is 4.74. The van der Waals surface area contributed by atoms with E-state index in [1.54, 1.807) is 0 Å². The maximum atomic E-state index is 5.79. The van der Waals surface area contributed by atoms with Gasteiger partial charge in [0, 0.05) is 12.0 Å². The minimum absolute atomic E-state index is 0.237. The summed E-state index contributed by atoms with van der Waals surface area (Å²) in [5.74, 6) is 1.81. The van der Waals surface area contributed by atoms with Crippen LogP contribution in [0.2, 0.25) is 0 Å². The van der Waals surface area contributed by atoms with Crippen LogP contribution >= 0.6 is 0 Å².